The molecule has 6 heteroatoms. The van der Waals surface area contributed by atoms with Gasteiger partial charge in [-0.2, -0.15) is 13.2 Å². The molecule has 220 valence electrons. The second-order valence-corrected chi connectivity index (χ2v) is 10.8. The molecule has 0 bridgehead atoms. The molecular weight excluding hydrogens is 541 g/mol. The topological polar surface area (TPSA) is 19.0 Å². The average Bonchev–Trinajstić information content (AvgIpc) is 3.43. The Balaban J connectivity index is 0.000000324. The van der Waals surface area contributed by atoms with Crippen LogP contribution >= 0.6 is 11.6 Å². The number of nitrogens with zero attached hydrogens (tertiary/aromatic N) is 1. The number of fused-ring (bicyclic) bond motifs is 1. The maximum absolute atomic E-state index is 13.4. The number of hydrogen-bond donors (Lipinski definition) is 1. The van der Waals surface area contributed by atoms with Gasteiger partial charge >= 0.3 is 6.18 Å². The van der Waals surface area contributed by atoms with Crippen molar-refractivity contribution in [2.45, 2.75) is 73.5 Å². The molecule has 41 heavy (non-hydrogen) atoms. The summed E-state index contributed by atoms with van der Waals surface area (Å²) < 4.78 is 40.2. The molecule has 1 fully saturated rings. The fourth-order valence-electron chi connectivity index (χ4n) is 5.28. The predicted octanol–water partition coefficient (Wildman–Crippen LogP) is 10.8. The van der Waals surface area contributed by atoms with Gasteiger partial charge in [0.25, 0.3) is 0 Å². The maximum Gasteiger partial charge on any atom is 0.416 e. The van der Waals surface area contributed by atoms with Crippen LogP contribution in [0.5, 0.6) is 0 Å². The fourth-order valence-corrected chi connectivity index (χ4v) is 5.48. The normalized spacial score (nSPS) is 15.1. The first-order chi connectivity index (χ1) is 19.6. The number of aryl methyl sites for hydroxylation is 2. The second kappa shape index (κ2) is 14.7. The van der Waals surface area contributed by atoms with Gasteiger partial charge in [0, 0.05) is 29.8 Å². The number of likely N-dealkylation sites (tertiary alicyclic amines) is 1. The van der Waals surface area contributed by atoms with E-state index in [-0.39, 0.29) is 12.1 Å². The van der Waals surface area contributed by atoms with E-state index in [0.717, 1.165) is 48.3 Å². The Hall–Kier alpha value is -3.02. The number of benzene rings is 3. The monoisotopic (exact) mass is 582 g/mol. The number of hydrogen-bond acceptors (Lipinski definition) is 1. The molecule has 2 nitrogen and oxygen atoms in total. The van der Waals surface area contributed by atoms with E-state index in [4.69, 9.17) is 11.6 Å². The zero-order valence-electron chi connectivity index (χ0n) is 25.1. The van der Waals surface area contributed by atoms with Crippen LogP contribution < -0.4 is 0 Å². The Bertz CT molecular complexity index is 1470. The minimum absolute atomic E-state index is 0.234. The minimum Gasteiger partial charge on any atom is -0.361 e. The molecule has 5 rings (SSSR count). The van der Waals surface area contributed by atoms with Gasteiger partial charge < -0.3 is 4.98 Å². The maximum atomic E-state index is 13.4. The summed E-state index contributed by atoms with van der Waals surface area (Å²) in [4.78, 5) is 5.28. The third-order valence-electron chi connectivity index (χ3n) is 7.75. The van der Waals surface area contributed by atoms with E-state index in [1.165, 1.54) is 40.0 Å². The number of rotatable bonds is 4. The van der Waals surface area contributed by atoms with Crippen molar-refractivity contribution in [2.24, 2.45) is 0 Å². The number of aromatic amines is 1. The Labute approximate surface area is 248 Å². The van der Waals surface area contributed by atoms with Gasteiger partial charge in [0.15, 0.2) is 0 Å². The fraction of sp³-hybridized carbons (Fsp3) is 0.371. The number of allylic oxidation sites excluding steroid dienone is 1. The van der Waals surface area contributed by atoms with Crippen molar-refractivity contribution in [3.8, 4) is 0 Å². The van der Waals surface area contributed by atoms with E-state index >= 15 is 0 Å². The smallest absolute Gasteiger partial charge is 0.361 e. The summed E-state index contributed by atoms with van der Waals surface area (Å²) in [6.45, 7) is 14.3. The van der Waals surface area contributed by atoms with Crippen LogP contribution in [0.3, 0.4) is 0 Å². The van der Waals surface area contributed by atoms with Crippen LogP contribution in [0, 0.1) is 13.8 Å². The predicted molar refractivity (Wildman–Crippen MR) is 168 cm³/mol. The van der Waals surface area contributed by atoms with Crippen molar-refractivity contribution in [1.82, 2.24) is 9.88 Å². The Morgan fingerprint density at radius 3 is 2.41 bits per heavy atom. The third-order valence-corrected chi connectivity index (χ3v) is 7.98. The first-order valence-electron chi connectivity index (χ1n) is 14.5. The number of nitrogens with one attached hydrogen (secondary N) is 1. The van der Waals surface area contributed by atoms with E-state index in [1.807, 2.05) is 26.1 Å². The summed E-state index contributed by atoms with van der Waals surface area (Å²) >= 11 is 5.98. The first kappa shape index (κ1) is 32.5. The number of H-pyrrole nitrogens is 1. The highest BCUT2D eigenvalue weighted by Crippen LogP contribution is 2.35. The number of piperidine rings is 1. The van der Waals surface area contributed by atoms with E-state index < -0.39 is 11.7 Å². The largest absolute Gasteiger partial charge is 0.416 e. The third kappa shape index (κ3) is 8.50. The molecule has 0 unspecified atom stereocenters. The molecule has 3 aromatic carbocycles. The van der Waals surface area contributed by atoms with Crippen molar-refractivity contribution < 1.29 is 13.2 Å². The molecule has 2 heterocycles. The quantitative estimate of drug-likeness (QED) is 0.253. The molecule has 1 saturated heterocycles. The standard InChI is InChI=1S/C23H22ClF3N2.C10H14.C2H6/c1-15(16-4-7-22-17(11-16)8-9-28-22)18-3-2-10-29(13-18)14-19-12-20(24)5-6-21(19)23(25,26)27;1-4-10-7-5-6-8(2)9(10)3;1-2/h4-9,11-12,28H,2-3,10,13-14H2,1H3;5-7H,4H2,1-3H3;1-2H3/b18-15-;;. The lowest BCUT2D eigenvalue weighted by Gasteiger charge is -2.31. The van der Waals surface area contributed by atoms with Gasteiger partial charge in [0.1, 0.15) is 0 Å². The van der Waals surface area contributed by atoms with Gasteiger partial charge in [-0.05, 0) is 122 Å². The van der Waals surface area contributed by atoms with Crippen molar-refractivity contribution in [2.75, 3.05) is 13.1 Å². The molecule has 4 aromatic rings. The lowest BCUT2D eigenvalue weighted by molar-refractivity contribution is -0.138. The summed E-state index contributed by atoms with van der Waals surface area (Å²) in [6, 6.07) is 18.7. The number of halogens is 4. The Kier molecular flexibility index (Phi) is 11.7. The molecule has 1 aliphatic rings. The van der Waals surface area contributed by atoms with Crippen LogP contribution in [0.25, 0.3) is 16.5 Å². The minimum atomic E-state index is -4.38. The summed E-state index contributed by atoms with van der Waals surface area (Å²) in [7, 11) is 0. The molecule has 0 aliphatic carbocycles. The highest BCUT2D eigenvalue weighted by molar-refractivity contribution is 6.30. The summed E-state index contributed by atoms with van der Waals surface area (Å²) in [6.07, 6.45) is 0.586. The summed E-state index contributed by atoms with van der Waals surface area (Å²) in [5, 5.41) is 1.49. The highest BCUT2D eigenvalue weighted by Gasteiger charge is 2.34. The van der Waals surface area contributed by atoms with E-state index in [9.17, 15) is 13.2 Å². The number of alkyl halides is 3. The van der Waals surface area contributed by atoms with Gasteiger partial charge in [-0.3, -0.25) is 4.90 Å². The lowest BCUT2D eigenvalue weighted by atomic mass is 9.94. The SMILES string of the molecule is C/C(=C1\CCCN(Cc2cc(Cl)ccc2C(F)(F)F)C1)c1ccc2[nH]ccc2c1.CC.CCc1cccc(C)c1C. The van der Waals surface area contributed by atoms with Crippen molar-refractivity contribution >= 4 is 28.1 Å². The van der Waals surface area contributed by atoms with Crippen LogP contribution in [0.1, 0.15) is 73.9 Å². The van der Waals surface area contributed by atoms with Gasteiger partial charge in [0.05, 0.1) is 5.56 Å². The average molecular weight is 583 g/mol. The molecule has 0 amide bonds. The van der Waals surface area contributed by atoms with Gasteiger partial charge in [-0.1, -0.05) is 62.2 Å². The lowest BCUT2D eigenvalue weighted by Crippen LogP contribution is -2.32. The Morgan fingerprint density at radius 2 is 1.73 bits per heavy atom. The van der Waals surface area contributed by atoms with Crippen LogP contribution in [0.2, 0.25) is 5.02 Å². The molecule has 1 aromatic heterocycles. The van der Waals surface area contributed by atoms with Gasteiger partial charge in [-0.25, -0.2) is 0 Å². The summed E-state index contributed by atoms with van der Waals surface area (Å²) in [5.41, 5.74) is 8.70. The number of aromatic nitrogens is 1. The van der Waals surface area contributed by atoms with E-state index in [2.05, 4.69) is 74.0 Å². The van der Waals surface area contributed by atoms with Crippen molar-refractivity contribution in [3.63, 3.8) is 0 Å². The van der Waals surface area contributed by atoms with Crippen molar-refractivity contribution in [1.29, 1.82) is 0 Å². The Morgan fingerprint density at radius 1 is 0.976 bits per heavy atom. The van der Waals surface area contributed by atoms with Crippen LogP contribution in [-0.4, -0.2) is 23.0 Å². The molecule has 0 saturated carbocycles. The molecule has 0 spiro atoms. The van der Waals surface area contributed by atoms with E-state index in [0.29, 0.717) is 11.6 Å². The molecule has 1 N–H and O–H groups in total. The van der Waals surface area contributed by atoms with Crippen LogP contribution in [0.4, 0.5) is 13.2 Å². The zero-order valence-corrected chi connectivity index (χ0v) is 25.8. The van der Waals surface area contributed by atoms with Crippen LogP contribution in [0.15, 0.2) is 72.4 Å². The van der Waals surface area contributed by atoms with Crippen LogP contribution in [-0.2, 0) is 19.1 Å². The summed E-state index contributed by atoms with van der Waals surface area (Å²) in [5.74, 6) is 0. The first-order valence-corrected chi connectivity index (χ1v) is 14.8. The zero-order chi connectivity index (χ0) is 30.2. The molecule has 1 aliphatic heterocycles. The van der Waals surface area contributed by atoms with Gasteiger partial charge in [0.2, 0.25) is 0 Å². The van der Waals surface area contributed by atoms with E-state index in [1.54, 1.807) is 0 Å². The molecular formula is C35H42ClF3N2. The van der Waals surface area contributed by atoms with Crippen molar-refractivity contribution in [3.05, 3.63) is 111 Å². The molecule has 0 radical (unpaired) electrons. The van der Waals surface area contributed by atoms with Gasteiger partial charge in [-0.15, -0.1) is 0 Å². The highest BCUT2D eigenvalue weighted by atomic mass is 35.5. The molecule has 0 atom stereocenters. The second-order valence-electron chi connectivity index (χ2n) is 10.3.